The van der Waals surface area contributed by atoms with Gasteiger partial charge in [0.15, 0.2) is 12.0 Å². The van der Waals surface area contributed by atoms with Crippen LogP contribution in [0.1, 0.15) is 11.2 Å². The third-order valence-electron chi connectivity index (χ3n) is 3.92. The van der Waals surface area contributed by atoms with E-state index in [9.17, 15) is 28.8 Å². The first-order valence-electron chi connectivity index (χ1n) is 10.0. The van der Waals surface area contributed by atoms with Gasteiger partial charge < -0.3 is 35.0 Å². The van der Waals surface area contributed by atoms with Gasteiger partial charge in [-0.2, -0.15) is 0 Å². The van der Waals surface area contributed by atoms with Gasteiger partial charge in [-0.3, -0.25) is 4.72 Å². The molecule has 12 heteroatoms. The van der Waals surface area contributed by atoms with E-state index in [-0.39, 0.29) is 5.82 Å². The van der Waals surface area contributed by atoms with Crippen LogP contribution in [-0.4, -0.2) is 71.3 Å². The second kappa shape index (κ2) is 8.03. The van der Waals surface area contributed by atoms with Crippen LogP contribution in [0.4, 0.5) is 11.5 Å². The van der Waals surface area contributed by atoms with E-state index in [1.54, 1.807) is 0 Å². The number of rotatable bonds is 6. The van der Waals surface area contributed by atoms with E-state index in [0.717, 1.165) is 0 Å². The number of aliphatic hydroxyl groups is 4. The molecule has 11 nitrogen and oxygen atoms in total. The van der Waals surface area contributed by atoms with E-state index in [4.69, 9.17) is 14.7 Å². The van der Waals surface area contributed by atoms with Crippen molar-refractivity contribution in [2.45, 2.75) is 42.5 Å². The molecule has 1 saturated heterocycles. The highest BCUT2D eigenvalue weighted by atomic mass is 32.2. The molecule has 6 N–H and O–H groups in total. The van der Waals surface area contributed by atoms with Gasteiger partial charge in [0, 0.05) is 11.8 Å². The summed E-state index contributed by atoms with van der Waals surface area (Å²) in [6, 6.07) is -2.21. The highest BCUT2D eigenvalue weighted by Crippen LogP contribution is 2.24. The molecule has 28 heavy (non-hydrogen) atoms. The SMILES string of the molecule is [2H]c1c([2H])c(S(=O)(=O)Nc2cc(C)on2)c([2H])c([2H])c1N[C@@H]1OC(CO)[C@@H](O)C(O)C1O. The molecule has 2 aromatic rings. The Balaban J connectivity index is 1.98. The Bertz CT molecular complexity index is 1080. The van der Waals surface area contributed by atoms with Gasteiger partial charge in [0.2, 0.25) is 0 Å². The molecule has 0 amide bonds. The third kappa shape index (κ3) is 4.27. The molecule has 3 rings (SSSR count). The van der Waals surface area contributed by atoms with E-state index in [1.165, 1.54) is 13.0 Å². The molecule has 0 radical (unpaired) electrons. The van der Waals surface area contributed by atoms with Crippen LogP contribution in [0.5, 0.6) is 0 Å². The molecule has 5 atom stereocenters. The number of ether oxygens (including phenoxy) is 1. The average Bonchev–Trinajstić information content (AvgIpc) is 3.13. The predicted molar refractivity (Wildman–Crippen MR) is 95.9 cm³/mol. The van der Waals surface area contributed by atoms with Crippen molar-refractivity contribution < 1.29 is 43.6 Å². The molecule has 0 bridgehead atoms. The Hall–Kier alpha value is -2.22. The summed E-state index contributed by atoms with van der Waals surface area (Å²) in [4.78, 5) is -0.951. The van der Waals surface area contributed by atoms with Gasteiger partial charge in [0.25, 0.3) is 10.0 Å². The second-order valence-electron chi connectivity index (χ2n) is 6.03. The van der Waals surface area contributed by atoms with E-state index in [0.29, 0.717) is 5.76 Å². The van der Waals surface area contributed by atoms with Crippen molar-refractivity contribution in [3.63, 3.8) is 0 Å². The second-order valence-corrected chi connectivity index (χ2v) is 7.65. The van der Waals surface area contributed by atoms with Crippen LogP contribution in [-0.2, 0) is 14.8 Å². The monoisotopic (exact) mass is 419 g/mol. The fourth-order valence-corrected chi connectivity index (χ4v) is 3.32. The Morgan fingerprint density at radius 3 is 2.43 bits per heavy atom. The summed E-state index contributed by atoms with van der Waals surface area (Å²) in [7, 11) is -4.60. The lowest BCUT2D eigenvalue weighted by Gasteiger charge is -2.40. The fraction of sp³-hybridized carbons (Fsp3) is 0.438. The summed E-state index contributed by atoms with van der Waals surface area (Å²) in [5, 5.41) is 45.0. The van der Waals surface area contributed by atoms with E-state index in [2.05, 4.69) is 10.5 Å². The number of aliphatic hydroxyl groups excluding tert-OH is 4. The molecule has 2 heterocycles. The molecule has 0 aliphatic carbocycles. The number of nitrogens with zero attached hydrogens (tertiary/aromatic N) is 1. The van der Waals surface area contributed by atoms with E-state index >= 15 is 0 Å². The van der Waals surface area contributed by atoms with Gasteiger partial charge in [0.1, 0.15) is 30.2 Å². The van der Waals surface area contributed by atoms with Crippen molar-refractivity contribution in [3.05, 3.63) is 36.0 Å². The number of hydrogen-bond donors (Lipinski definition) is 6. The maximum absolute atomic E-state index is 12.7. The molecule has 1 fully saturated rings. The van der Waals surface area contributed by atoms with Crippen LogP contribution >= 0.6 is 0 Å². The van der Waals surface area contributed by atoms with E-state index in [1.807, 2.05) is 4.72 Å². The zero-order valence-corrected chi connectivity index (χ0v) is 15.3. The van der Waals surface area contributed by atoms with Crippen molar-refractivity contribution in [2.75, 3.05) is 16.6 Å². The van der Waals surface area contributed by atoms with Crippen molar-refractivity contribution in [2.24, 2.45) is 0 Å². The van der Waals surface area contributed by atoms with Crippen LogP contribution in [0.25, 0.3) is 0 Å². The zero-order valence-electron chi connectivity index (χ0n) is 18.4. The molecular weight excluding hydrogens is 394 g/mol. The minimum Gasteiger partial charge on any atom is -0.394 e. The minimum atomic E-state index is -4.60. The molecule has 3 unspecified atom stereocenters. The average molecular weight is 419 g/mol. The van der Waals surface area contributed by atoms with Crippen LogP contribution < -0.4 is 10.0 Å². The van der Waals surface area contributed by atoms with Gasteiger partial charge in [-0.25, -0.2) is 8.42 Å². The molecule has 1 aromatic heterocycles. The van der Waals surface area contributed by atoms with Crippen LogP contribution in [0.15, 0.2) is 39.7 Å². The Kier molecular flexibility index (Phi) is 4.49. The Morgan fingerprint density at radius 1 is 1.18 bits per heavy atom. The van der Waals surface area contributed by atoms with Gasteiger partial charge in [-0.1, -0.05) is 5.16 Å². The van der Waals surface area contributed by atoms with Gasteiger partial charge >= 0.3 is 0 Å². The standard InChI is InChI=1S/C16H21N3O8S/c1-8-6-12(18-27-8)19-28(24,25)10-4-2-9(3-5-10)17-16-15(23)14(22)13(21)11(7-20)26-16/h2-6,11,13-17,20-23H,7H2,1H3,(H,18,19)/t11?,13-,14?,15?,16-/m1/s1/i2D,3D,4D,5D. The fourth-order valence-electron chi connectivity index (χ4n) is 2.47. The molecule has 0 saturated carbocycles. The van der Waals surface area contributed by atoms with Crippen molar-refractivity contribution in [1.29, 1.82) is 0 Å². The van der Waals surface area contributed by atoms with Gasteiger partial charge in [0.05, 0.1) is 17.0 Å². The van der Waals surface area contributed by atoms with Gasteiger partial charge in [-0.05, 0) is 31.1 Å². The maximum Gasteiger partial charge on any atom is 0.263 e. The normalized spacial score (nSPS) is 30.1. The highest BCUT2D eigenvalue weighted by molar-refractivity contribution is 7.92. The first-order valence-corrected chi connectivity index (χ1v) is 9.50. The minimum absolute atomic E-state index is 0.220. The number of nitrogens with one attached hydrogen (secondary N) is 2. The smallest absolute Gasteiger partial charge is 0.263 e. The highest BCUT2D eigenvalue weighted by Gasteiger charge is 2.43. The van der Waals surface area contributed by atoms with Crippen molar-refractivity contribution in [1.82, 2.24) is 5.16 Å². The quantitative estimate of drug-likeness (QED) is 0.340. The lowest BCUT2D eigenvalue weighted by Crippen LogP contribution is -2.60. The van der Waals surface area contributed by atoms with Crippen molar-refractivity contribution >= 4 is 21.5 Å². The Morgan fingerprint density at radius 2 is 1.86 bits per heavy atom. The zero-order chi connectivity index (χ0) is 24.0. The molecule has 1 aliphatic rings. The number of benzene rings is 1. The van der Waals surface area contributed by atoms with Gasteiger partial charge in [-0.15, -0.1) is 0 Å². The maximum atomic E-state index is 12.7. The van der Waals surface area contributed by atoms with Crippen LogP contribution in [0.3, 0.4) is 0 Å². The summed E-state index contributed by atoms with van der Waals surface area (Å²) in [5.74, 6) is 0.0733. The third-order valence-corrected chi connectivity index (χ3v) is 5.14. The summed E-state index contributed by atoms with van der Waals surface area (Å²) in [6.07, 6.45) is -7.99. The number of hydrogen-bond acceptors (Lipinski definition) is 10. The summed E-state index contributed by atoms with van der Waals surface area (Å²) in [5.41, 5.74) is -0.527. The molecule has 154 valence electrons. The summed E-state index contributed by atoms with van der Waals surface area (Å²) < 4.78 is 69.8. The lowest BCUT2D eigenvalue weighted by atomic mass is 9.98. The lowest BCUT2D eigenvalue weighted by molar-refractivity contribution is -0.221. The molecular formula is C16H21N3O8S. The predicted octanol–water partition coefficient (Wildman–Crippen LogP) is -1.00. The Labute approximate surface area is 166 Å². The largest absolute Gasteiger partial charge is 0.394 e. The summed E-state index contributed by atoms with van der Waals surface area (Å²) >= 11 is 0. The van der Waals surface area contributed by atoms with Crippen LogP contribution in [0.2, 0.25) is 0 Å². The first-order chi connectivity index (χ1) is 14.9. The summed E-state index contributed by atoms with van der Waals surface area (Å²) in [6.45, 7) is 0.794. The number of aryl methyl sites for hydroxylation is 1. The molecule has 0 spiro atoms. The first kappa shape index (κ1) is 15.7. The number of aromatic nitrogens is 1. The molecule has 1 aromatic carbocycles. The van der Waals surface area contributed by atoms with Crippen molar-refractivity contribution in [3.8, 4) is 0 Å². The number of sulfonamides is 1. The molecule has 1 aliphatic heterocycles. The number of anilines is 2. The van der Waals surface area contributed by atoms with Crippen LogP contribution in [0, 0.1) is 6.92 Å². The topological polar surface area (TPSA) is 174 Å². The van der Waals surface area contributed by atoms with E-state index < -0.39 is 82.0 Å².